The van der Waals surface area contributed by atoms with Crippen molar-refractivity contribution in [3.63, 3.8) is 0 Å². The molecule has 3 amide bonds. The van der Waals surface area contributed by atoms with Crippen molar-refractivity contribution in [1.82, 2.24) is 9.88 Å². The van der Waals surface area contributed by atoms with Crippen LogP contribution in [0.4, 0.5) is 19.3 Å². The first-order valence-electron chi connectivity index (χ1n) is 14.1. The van der Waals surface area contributed by atoms with Crippen LogP contribution >= 0.6 is 0 Å². The number of benzene rings is 3. The van der Waals surface area contributed by atoms with Gasteiger partial charge in [-0.1, -0.05) is 6.07 Å². The normalized spacial score (nSPS) is 16.0. The largest absolute Gasteiger partial charge is 0.487 e. The molecule has 0 unspecified atom stereocenters. The summed E-state index contributed by atoms with van der Waals surface area (Å²) in [4.78, 5) is 32.7. The summed E-state index contributed by atoms with van der Waals surface area (Å²) >= 11 is 0. The minimum absolute atomic E-state index is 0.0519. The van der Waals surface area contributed by atoms with E-state index in [4.69, 9.17) is 23.7 Å². The number of imide groups is 1. The molecule has 2 aliphatic heterocycles. The Labute approximate surface area is 251 Å². The third kappa shape index (κ3) is 6.56. The van der Waals surface area contributed by atoms with Crippen LogP contribution in [0.1, 0.15) is 5.56 Å². The van der Waals surface area contributed by atoms with Crippen LogP contribution < -0.4 is 19.1 Å². The van der Waals surface area contributed by atoms with Gasteiger partial charge in [0.25, 0.3) is 0 Å². The number of ether oxygens (including phenoxy) is 5. The number of aromatic nitrogens is 1. The van der Waals surface area contributed by atoms with Crippen molar-refractivity contribution in [3.8, 4) is 23.0 Å². The smallest absolute Gasteiger partial charge is 0.331 e. The highest BCUT2D eigenvalue weighted by Crippen LogP contribution is 2.38. The number of rotatable bonds is 5. The summed E-state index contributed by atoms with van der Waals surface area (Å²) in [6.45, 7) is 2.75. The molecule has 0 aliphatic carbocycles. The zero-order valence-electron chi connectivity index (χ0n) is 23.7. The summed E-state index contributed by atoms with van der Waals surface area (Å²) in [5.41, 5.74) is 1.43. The van der Waals surface area contributed by atoms with Crippen LogP contribution in [0.2, 0.25) is 0 Å². The number of carbonyl (C=O) groups is 2. The number of hydrogen-bond acceptors (Lipinski definition) is 8. The Morgan fingerprint density at radius 2 is 1.52 bits per heavy atom. The maximum absolute atomic E-state index is 15.2. The van der Waals surface area contributed by atoms with E-state index in [-0.39, 0.29) is 25.3 Å². The van der Waals surface area contributed by atoms with Crippen LogP contribution in [0.25, 0.3) is 10.9 Å². The molecule has 6 rings (SSSR count). The average Bonchev–Trinajstić information content (AvgIpc) is 3.40. The van der Waals surface area contributed by atoms with E-state index < -0.39 is 23.6 Å². The fourth-order valence-electron chi connectivity index (χ4n) is 4.94. The number of anilines is 1. The van der Waals surface area contributed by atoms with Gasteiger partial charge in [0.15, 0.2) is 23.1 Å². The lowest BCUT2D eigenvalue weighted by atomic mass is 10.1. The van der Waals surface area contributed by atoms with Gasteiger partial charge in [-0.15, -0.1) is 0 Å². The third-order valence-corrected chi connectivity index (χ3v) is 7.13. The second-order valence-electron chi connectivity index (χ2n) is 10.0. The second-order valence-corrected chi connectivity index (χ2v) is 10.0. The lowest BCUT2D eigenvalue weighted by Crippen LogP contribution is -2.37. The van der Waals surface area contributed by atoms with Crippen molar-refractivity contribution in [2.45, 2.75) is 6.42 Å². The lowest BCUT2D eigenvalue weighted by molar-refractivity contribution is -0.126. The molecule has 1 aromatic heterocycles. The standard InChI is InChI=1S/C32H29F2N3O7/c33-22-2-4-23(5-3-22)36-9-10-37(32(36)39)31(38)18-21-1-6-28(25(34)17-21)44-27-7-8-35-26-20-30-29(19-24(26)27)42-15-13-40-11-12-41-14-16-43-30/h1-8,17,19-20H,9-16,18H2. The van der Waals surface area contributed by atoms with E-state index in [1.165, 1.54) is 41.3 Å². The topological polar surface area (TPSA) is 99.7 Å². The van der Waals surface area contributed by atoms with Crippen molar-refractivity contribution < 1.29 is 42.1 Å². The van der Waals surface area contributed by atoms with Crippen molar-refractivity contribution in [1.29, 1.82) is 0 Å². The molecule has 0 spiro atoms. The zero-order chi connectivity index (χ0) is 30.5. The molecule has 44 heavy (non-hydrogen) atoms. The highest BCUT2D eigenvalue weighted by atomic mass is 19.1. The summed E-state index contributed by atoms with van der Waals surface area (Å²) in [5.74, 6) is -0.323. The molecular weight excluding hydrogens is 576 g/mol. The number of nitrogens with zero attached hydrogens (tertiary/aromatic N) is 3. The van der Waals surface area contributed by atoms with Crippen LogP contribution in [-0.2, 0) is 20.7 Å². The van der Waals surface area contributed by atoms with Crippen molar-refractivity contribution in [2.75, 3.05) is 57.6 Å². The number of halogens is 2. The Balaban J connectivity index is 1.16. The van der Waals surface area contributed by atoms with E-state index in [1.807, 2.05) is 0 Å². The van der Waals surface area contributed by atoms with Crippen LogP contribution in [0.5, 0.6) is 23.0 Å². The summed E-state index contributed by atoms with van der Waals surface area (Å²) in [7, 11) is 0. The molecule has 10 nitrogen and oxygen atoms in total. The van der Waals surface area contributed by atoms with Gasteiger partial charge in [-0.2, -0.15) is 0 Å². The molecular formula is C32H29F2N3O7. The molecule has 3 aromatic carbocycles. The number of pyridine rings is 1. The van der Waals surface area contributed by atoms with Gasteiger partial charge in [0, 0.05) is 36.4 Å². The highest BCUT2D eigenvalue weighted by molar-refractivity contribution is 6.05. The van der Waals surface area contributed by atoms with E-state index in [2.05, 4.69) is 4.98 Å². The van der Waals surface area contributed by atoms with Crippen molar-refractivity contribution >= 4 is 28.5 Å². The molecule has 1 fully saturated rings. The molecule has 0 atom stereocenters. The fourth-order valence-corrected chi connectivity index (χ4v) is 4.94. The Morgan fingerprint density at radius 3 is 2.25 bits per heavy atom. The minimum atomic E-state index is -0.677. The molecule has 2 aliphatic rings. The van der Waals surface area contributed by atoms with Gasteiger partial charge in [0.1, 0.15) is 24.8 Å². The molecule has 0 N–H and O–H groups in total. The van der Waals surface area contributed by atoms with Crippen molar-refractivity contribution in [2.24, 2.45) is 0 Å². The SMILES string of the molecule is O=C(Cc1ccc(Oc2ccnc3cc4c(cc23)OCCOCCOCCO4)c(F)c1)N1CCN(c2ccc(F)cc2)C1=O. The van der Waals surface area contributed by atoms with Crippen LogP contribution in [0.15, 0.2) is 66.9 Å². The van der Waals surface area contributed by atoms with Crippen LogP contribution in [0, 0.1) is 11.6 Å². The van der Waals surface area contributed by atoms with E-state index in [1.54, 1.807) is 30.5 Å². The van der Waals surface area contributed by atoms with E-state index in [9.17, 15) is 14.0 Å². The highest BCUT2D eigenvalue weighted by Gasteiger charge is 2.34. The summed E-state index contributed by atoms with van der Waals surface area (Å²) in [6, 6.07) is 14.3. The predicted molar refractivity (Wildman–Crippen MR) is 155 cm³/mol. The third-order valence-electron chi connectivity index (χ3n) is 7.13. The first kappa shape index (κ1) is 29.3. The van der Waals surface area contributed by atoms with E-state index in [0.29, 0.717) is 79.0 Å². The van der Waals surface area contributed by atoms with Crippen molar-refractivity contribution in [3.05, 3.63) is 84.1 Å². The lowest BCUT2D eigenvalue weighted by Gasteiger charge is -2.18. The van der Waals surface area contributed by atoms with Crippen LogP contribution in [-0.4, -0.2) is 74.6 Å². The van der Waals surface area contributed by atoms with E-state index >= 15 is 4.39 Å². The Kier molecular flexibility index (Phi) is 8.80. The van der Waals surface area contributed by atoms with E-state index in [0.717, 1.165) is 4.90 Å². The number of urea groups is 1. The van der Waals surface area contributed by atoms with Gasteiger partial charge in [0.2, 0.25) is 5.91 Å². The maximum atomic E-state index is 15.2. The monoisotopic (exact) mass is 605 g/mol. The van der Waals surface area contributed by atoms with Gasteiger partial charge in [-0.05, 0) is 54.1 Å². The molecule has 0 bridgehead atoms. The van der Waals surface area contributed by atoms with Gasteiger partial charge >= 0.3 is 6.03 Å². The molecule has 12 heteroatoms. The van der Waals surface area contributed by atoms with Crippen LogP contribution in [0.3, 0.4) is 0 Å². The maximum Gasteiger partial charge on any atom is 0.331 e. The molecule has 1 saturated heterocycles. The quantitative estimate of drug-likeness (QED) is 0.309. The number of amides is 3. The molecule has 228 valence electrons. The summed E-state index contributed by atoms with van der Waals surface area (Å²) < 4.78 is 57.2. The Hall–Kier alpha value is -4.81. The molecule has 0 radical (unpaired) electrons. The Morgan fingerprint density at radius 1 is 0.818 bits per heavy atom. The average molecular weight is 606 g/mol. The van der Waals surface area contributed by atoms with Gasteiger partial charge in [-0.3, -0.25) is 19.6 Å². The summed E-state index contributed by atoms with van der Waals surface area (Å²) in [6.07, 6.45) is 1.36. The second kappa shape index (κ2) is 13.2. The molecule has 3 heterocycles. The van der Waals surface area contributed by atoms with Gasteiger partial charge in [-0.25, -0.2) is 13.6 Å². The minimum Gasteiger partial charge on any atom is -0.487 e. The fraction of sp³-hybridized carbons (Fsp3) is 0.281. The zero-order valence-corrected chi connectivity index (χ0v) is 23.7. The molecule has 0 saturated carbocycles. The first-order valence-corrected chi connectivity index (χ1v) is 14.1. The predicted octanol–water partition coefficient (Wildman–Crippen LogP) is 5.12. The molecule has 4 aromatic rings. The first-order chi connectivity index (χ1) is 21.5. The van der Waals surface area contributed by atoms with Gasteiger partial charge in [0.05, 0.1) is 38.4 Å². The number of fused-ring (bicyclic) bond motifs is 2. The number of hydrogen-bond donors (Lipinski definition) is 0. The number of carbonyl (C=O) groups excluding carboxylic acids is 2. The van der Waals surface area contributed by atoms with Gasteiger partial charge < -0.3 is 23.7 Å². The Bertz CT molecular complexity index is 1670. The summed E-state index contributed by atoms with van der Waals surface area (Å²) in [5, 5.41) is 0.580.